The lowest BCUT2D eigenvalue weighted by molar-refractivity contribution is 0.0935. The Morgan fingerprint density at radius 3 is 2.58 bits per heavy atom. The molecule has 0 aliphatic carbocycles. The third kappa shape index (κ3) is 5.12. The third-order valence-electron chi connectivity index (χ3n) is 4.24. The van der Waals surface area contributed by atoms with Gasteiger partial charge in [-0.25, -0.2) is 9.97 Å². The van der Waals surface area contributed by atoms with E-state index in [2.05, 4.69) is 46.2 Å². The zero-order valence-corrected chi connectivity index (χ0v) is 17.4. The topological polar surface area (TPSA) is 87.4 Å². The molecule has 7 nitrogen and oxygen atoms in total. The molecule has 0 saturated carbocycles. The highest BCUT2D eigenvalue weighted by molar-refractivity contribution is 7.20. The van der Waals surface area contributed by atoms with E-state index in [1.807, 2.05) is 13.8 Å². The van der Waals surface area contributed by atoms with Crippen molar-refractivity contribution in [1.29, 1.82) is 0 Å². The molecule has 0 aliphatic heterocycles. The SMILES string of the molecule is Cc1nc(N)c2c(C)c(C(=O)N[C@@H](C)CN(C)CCCN(C)C)sc2n1. The molecule has 2 rings (SSSR count). The number of anilines is 1. The van der Waals surface area contributed by atoms with E-state index in [0.717, 1.165) is 41.8 Å². The number of aryl methyl sites for hydroxylation is 2. The Hall–Kier alpha value is -1.77. The predicted molar refractivity (Wildman–Crippen MR) is 109 cm³/mol. The van der Waals surface area contributed by atoms with Crippen LogP contribution >= 0.6 is 11.3 Å². The average Bonchev–Trinajstić information content (AvgIpc) is 2.83. The quantitative estimate of drug-likeness (QED) is 0.729. The Morgan fingerprint density at radius 2 is 1.92 bits per heavy atom. The molecule has 0 aliphatic rings. The van der Waals surface area contributed by atoms with Crippen molar-refractivity contribution in [3.63, 3.8) is 0 Å². The highest BCUT2D eigenvalue weighted by Gasteiger charge is 2.20. The molecule has 2 aromatic heterocycles. The van der Waals surface area contributed by atoms with Gasteiger partial charge in [0.2, 0.25) is 0 Å². The van der Waals surface area contributed by atoms with Gasteiger partial charge in [-0.3, -0.25) is 4.79 Å². The molecule has 0 aromatic carbocycles. The maximum Gasteiger partial charge on any atom is 0.261 e. The smallest absolute Gasteiger partial charge is 0.261 e. The van der Waals surface area contributed by atoms with Crippen LogP contribution in [0.15, 0.2) is 0 Å². The zero-order valence-electron chi connectivity index (χ0n) is 16.6. The number of likely N-dealkylation sites (N-methyl/N-ethyl adjacent to an activating group) is 1. The predicted octanol–water partition coefficient (Wildman–Crippen LogP) is 1.89. The Morgan fingerprint density at radius 1 is 1.23 bits per heavy atom. The number of rotatable bonds is 8. The van der Waals surface area contributed by atoms with Crippen LogP contribution in [0.5, 0.6) is 0 Å². The molecule has 1 atom stereocenters. The van der Waals surface area contributed by atoms with E-state index < -0.39 is 0 Å². The molecule has 2 heterocycles. The summed E-state index contributed by atoms with van der Waals surface area (Å²) in [5.74, 6) is 0.988. The van der Waals surface area contributed by atoms with E-state index in [9.17, 15) is 4.79 Å². The Kier molecular flexibility index (Phi) is 6.91. The van der Waals surface area contributed by atoms with Crippen LogP contribution in [-0.2, 0) is 0 Å². The largest absolute Gasteiger partial charge is 0.383 e. The summed E-state index contributed by atoms with van der Waals surface area (Å²) in [4.78, 5) is 27.2. The van der Waals surface area contributed by atoms with Gasteiger partial charge in [0.15, 0.2) is 0 Å². The Balaban J connectivity index is 2.00. The Labute approximate surface area is 159 Å². The van der Waals surface area contributed by atoms with Gasteiger partial charge in [0, 0.05) is 12.6 Å². The second kappa shape index (κ2) is 8.75. The molecule has 0 unspecified atom stereocenters. The van der Waals surface area contributed by atoms with Gasteiger partial charge in [-0.1, -0.05) is 0 Å². The lowest BCUT2D eigenvalue weighted by Gasteiger charge is -2.22. The molecule has 3 N–H and O–H groups in total. The summed E-state index contributed by atoms with van der Waals surface area (Å²) < 4.78 is 0. The molecule has 1 amide bonds. The fraction of sp³-hybridized carbons (Fsp3) is 0.611. The van der Waals surface area contributed by atoms with E-state index in [0.29, 0.717) is 16.5 Å². The molecule has 0 spiro atoms. The number of hydrogen-bond acceptors (Lipinski definition) is 7. The van der Waals surface area contributed by atoms with Crippen LogP contribution in [-0.4, -0.2) is 72.5 Å². The monoisotopic (exact) mass is 378 g/mol. The van der Waals surface area contributed by atoms with E-state index in [-0.39, 0.29) is 11.9 Å². The normalized spacial score (nSPS) is 12.9. The first-order valence-electron chi connectivity index (χ1n) is 8.86. The van der Waals surface area contributed by atoms with Crippen molar-refractivity contribution in [3.05, 3.63) is 16.3 Å². The number of aromatic nitrogens is 2. The van der Waals surface area contributed by atoms with E-state index >= 15 is 0 Å². The minimum atomic E-state index is -0.0725. The summed E-state index contributed by atoms with van der Waals surface area (Å²) in [6, 6.07) is 0.0571. The molecule has 2 aromatic rings. The van der Waals surface area contributed by atoms with Crippen LogP contribution in [0.1, 0.15) is 34.4 Å². The number of carbonyl (C=O) groups excluding carboxylic acids is 1. The first-order chi connectivity index (χ1) is 12.2. The zero-order chi connectivity index (χ0) is 19.4. The Bertz CT molecular complexity index is 773. The maximum absolute atomic E-state index is 12.7. The molecule has 144 valence electrons. The van der Waals surface area contributed by atoms with Crippen LogP contribution in [0.3, 0.4) is 0 Å². The number of nitrogen functional groups attached to an aromatic ring is 1. The molecule has 0 saturated heterocycles. The first kappa shape index (κ1) is 20.5. The number of fused-ring (bicyclic) bond motifs is 1. The molecule has 0 bridgehead atoms. The molecule has 26 heavy (non-hydrogen) atoms. The number of thiophene rings is 1. The number of carbonyl (C=O) groups is 1. The molecular formula is C18H30N6OS. The lowest BCUT2D eigenvalue weighted by Crippen LogP contribution is -2.41. The molecular weight excluding hydrogens is 348 g/mol. The van der Waals surface area contributed by atoms with Crippen LogP contribution in [0.2, 0.25) is 0 Å². The van der Waals surface area contributed by atoms with Crippen molar-refractivity contribution in [1.82, 2.24) is 25.1 Å². The van der Waals surface area contributed by atoms with Crippen molar-refractivity contribution < 1.29 is 4.79 Å². The molecule has 0 fully saturated rings. The van der Waals surface area contributed by atoms with Gasteiger partial charge >= 0.3 is 0 Å². The van der Waals surface area contributed by atoms with Crippen LogP contribution in [0.4, 0.5) is 5.82 Å². The fourth-order valence-electron chi connectivity index (χ4n) is 3.05. The number of nitrogens with zero attached hydrogens (tertiary/aromatic N) is 4. The van der Waals surface area contributed by atoms with Gasteiger partial charge < -0.3 is 20.9 Å². The van der Waals surface area contributed by atoms with Crippen LogP contribution in [0.25, 0.3) is 10.2 Å². The summed E-state index contributed by atoms with van der Waals surface area (Å²) in [6.07, 6.45) is 1.11. The molecule has 0 radical (unpaired) electrons. The van der Waals surface area contributed by atoms with Gasteiger partial charge in [0.25, 0.3) is 5.91 Å². The standard InChI is InChI=1S/C18H30N6OS/c1-11(10-24(6)9-7-8-23(4)5)20-17(25)15-12(2)14-16(19)21-13(3)22-18(14)26-15/h11H,7-10H2,1-6H3,(H,20,25)(H2,19,21,22)/t11-/m0/s1. The summed E-state index contributed by atoms with van der Waals surface area (Å²) in [7, 11) is 6.24. The van der Waals surface area contributed by atoms with Crippen LogP contribution < -0.4 is 11.1 Å². The van der Waals surface area contributed by atoms with Crippen molar-refractivity contribution in [2.75, 3.05) is 46.5 Å². The minimum Gasteiger partial charge on any atom is -0.383 e. The average molecular weight is 379 g/mol. The van der Waals surface area contributed by atoms with Gasteiger partial charge in [0.1, 0.15) is 16.5 Å². The van der Waals surface area contributed by atoms with Gasteiger partial charge in [-0.15, -0.1) is 11.3 Å². The first-order valence-corrected chi connectivity index (χ1v) is 9.68. The third-order valence-corrected chi connectivity index (χ3v) is 5.43. The summed E-state index contributed by atoms with van der Waals surface area (Å²) in [5.41, 5.74) is 6.87. The summed E-state index contributed by atoms with van der Waals surface area (Å²) in [6.45, 7) is 8.62. The van der Waals surface area contributed by atoms with Gasteiger partial charge in [-0.05, 0) is 67.0 Å². The van der Waals surface area contributed by atoms with Crippen molar-refractivity contribution >= 4 is 33.3 Å². The summed E-state index contributed by atoms with van der Waals surface area (Å²) >= 11 is 1.38. The number of amides is 1. The van der Waals surface area contributed by atoms with E-state index in [1.54, 1.807) is 6.92 Å². The minimum absolute atomic E-state index is 0.0571. The van der Waals surface area contributed by atoms with E-state index in [4.69, 9.17) is 5.73 Å². The fourth-order valence-corrected chi connectivity index (χ4v) is 4.19. The number of nitrogens with two attached hydrogens (primary N) is 1. The highest BCUT2D eigenvalue weighted by atomic mass is 32.1. The van der Waals surface area contributed by atoms with E-state index in [1.165, 1.54) is 11.3 Å². The van der Waals surface area contributed by atoms with Crippen LogP contribution in [0, 0.1) is 13.8 Å². The second-order valence-corrected chi connectivity index (χ2v) is 8.19. The maximum atomic E-state index is 12.7. The summed E-state index contributed by atoms with van der Waals surface area (Å²) in [5, 5.41) is 3.88. The van der Waals surface area contributed by atoms with Gasteiger partial charge in [-0.2, -0.15) is 0 Å². The number of nitrogens with one attached hydrogen (secondary N) is 1. The second-order valence-electron chi connectivity index (χ2n) is 7.19. The molecule has 8 heteroatoms. The van der Waals surface area contributed by atoms with Crippen molar-refractivity contribution in [2.24, 2.45) is 0 Å². The van der Waals surface area contributed by atoms with Crippen molar-refractivity contribution in [3.8, 4) is 0 Å². The highest BCUT2D eigenvalue weighted by Crippen LogP contribution is 2.32. The number of hydrogen-bond donors (Lipinski definition) is 2. The van der Waals surface area contributed by atoms with Gasteiger partial charge in [0.05, 0.1) is 10.3 Å². The van der Waals surface area contributed by atoms with Crippen molar-refractivity contribution in [2.45, 2.75) is 33.2 Å². The lowest BCUT2D eigenvalue weighted by atomic mass is 10.2.